The Morgan fingerprint density at radius 1 is 1.11 bits per heavy atom. The largest absolute Gasteiger partial charge is 0.486 e. The lowest BCUT2D eigenvalue weighted by molar-refractivity contribution is 0.171. The van der Waals surface area contributed by atoms with Gasteiger partial charge in [0.2, 0.25) is 0 Å². The summed E-state index contributed by atoms with van der Waals surface area (Å²) >= 11 is 0. The molecule has 0 saturated carbocycles. The van der Waals surface area contributed by atoms with Crippen molar-refractivity contribution in [2.75, 3.05) is 18.5 Å². The van der Waals surface area contributed by atoms with E-state index in [0.29, 0.717) is 41.7 Å². The van der Waals surface area contributed by atoms with E-state index in [0.717, 1.165) is 23.1 Å². The Morgan fingerprint density at radius 2 is 1.89 bits per heavy atom. The molecule has 1 aliphatic rings. The van der Waals surface area contributed by atoms with E-state index < -0.39 is 5.82 Å². The van der Waals surface area contributed by atoms with Crippen LogP contribution in [0.5, 0.6) is 11.5 Å². The third kappa shape index (κ3) is 3.44. The zero-order chi connectivity index (χ0) is 18.8. The van der Waals surface area contributed by atoms with Gasteiger partial charge in [-0.15, -0.1) is 0 Å². The number of hydrogen-bond acceptors (Lipinski definition) is 6. The number of hydrogen-bond donors (Lipinski definition) is 1. The molecule has 0 saturated heterocycles. The highest BCUT2D eigenvalue weighted by atomic mass is 19.1. The number of pyridine rings is 1. The number of ether oxygens (including phenoxy) is 2. The molecule has 4 rings (SSSR count). The van der Waals surface area contributed by atoms with Gasteiger partial charge in [-0.2, -0.15) is 0 Å². The highest BCUT2D eigenvalue weighted by Crippen LogP contribution is 2.36. The number of fused-ring (bicyclic) bond motifs is 1. The van der Waals surface area contributed by atoms with Gasteiger partial charge in [0.05, 0.1) is 24.3 Å². The Bertz CT molecular complexity index is 1010. The summed E-state index contributed by atoms with van der Waals surface area (Å²) < 4.78 is 25.0. The van der Waals surface area contributed by atoms with E-state index in [1.54, 1.807) is 18.5 Å². The van der Waals surface area contributed by atoms with Crippen LogP contribution >= 0.6 is 0 Å². The summed E-state index contributed by atoms with van der Waals surface area (Å²) in [5.41, 5.74) is 3.34. The number of aromatic nitrogens is 3. The van der Waals surface area contributed by atoms with Gasteiger partial charge in [-0.1, -0.05) is 6.58 Å². The SMILES string of the molecule is C=C(Nc1cnc(-c2cc3c(cc2C)OCCO3)cn1)c1ccncc1F. The lowest BCUT2D eigenvalue weighted by atomic mass is 10.0. The summed E-state index contributed by atoms with van der Waals surface area (Å²) in [5.74, 6) is 1.46. The fourth-order valence-corrected chi connectivity index (χ4v) is 2.84. The first-order valence-corrected chi connectivity index (χ1v) is 8.40. The van der Waals surface area contributed by atoms with Crippen molar-refractivity contribution in [1.82, 2.24) is 15.0 Å². The molecule has 0 fully saturated rings. The van der Waals surface area contributed by atoms with Gasteiger partial charge in [-0.05, 0) is 30.7 Å². The highest BCUT2D eigenvalue weighted by molar-refractivity contribution is 5.74. The minimum atomic E-state index is -0.452. The molecule has 0 bridgehead atoms. The van der Waals surface area contributed by atoms with Gasteiger partial charge in [0.1, 0.15) is 19.0 Å². The van der Waals surface area contributed by atoms with Gasteiger partial charge < -0.3 is 14.8 Å². The monoisotopic (exact) mass is 364 g/mol. The maximum absolute atomic E-state index is 13.8. The number of nitrogens with one attached hydrogen (secondary N) is 1. The molecule has 27 heavy (non-hydrogen) atoms. The molecule has 0 radical (unpaired) electrons. The van der Waals surface area contributed by atoms with Gasteiger partial charge in [-0.25, -0.2) is 9.37 Å². The Balaban J connectivity index is 1.56. The molecule has 1 aromatic carbocycles. The zero-order valence-electron chi connectivity index (χ0n) is 14.7. The minimum Gasteiger partial charge on any atom is -0.486 e. The van der Waals surface area contributed by atoms with Crippen molar-refractivity contribution in [1.29, 1.82) is 0 Å². The first kappa shape index (κ1) is 17.0. The number of benzene rings is 1. The third-order valence-electron chi connectivity index (χ3n) is 4.19. The van der Waals surface area contributed by atoms with E-state index in [-0.39, 0.29) is 0 Å². The van der Waals surface area contributed by atoms with Gasteiger partial charge in [0.15, 0.2) is 17.3 Å². The predicted molar refractivity (Wildman–Crippen MR) is 100 cm³/mol. The van der Waals surface area contributed by atoms with E-state index in [4.69, 9.17) is 9.47 Å². The second kappa shape index (κ2) is 7.03. The Labute approximate surface area is 155 Å². The molecule has 0 spiro atoms. The van der Waals surface area contributed by atoms with Crippen molar-refractivity contribution >= 4 is 11.5 Å². The van der Waals surface area contributed by atoms with Crippen LogP contribution < -0.4 is 14.8 Å². The molecule has 3 heterocycles. The van der Waals surface area contributed by atoms with Crippen LogP contribution in [-0.2, 0) is 0 Å². The predicted octanol–water partition coefficient (Wildman–Crippen LogP) is 3.84. The molecule has 136 valence electrons. The maximum Gasteiger partial charge on any atom is 0.162 e. The van der Waals surface area contributed by atoms with Gasteiger partial charge in [0.25, 0.3) is 0 Å². The van der Waals surface area contributed by atoms with E-state index in [9.17, 15) is 4.39 Å². The van der Waals surface area contributed by atoms with Crippen molar-refractivity contribution in [2.45, 2.75) is 6.92 Å². The minimum absolute atomic E-state index is 0.332. The molecule has 0 atom stereocenters. The third-order valence-corrected chi connectivity index (χ3v) is 4.19. The van der Waals surface area contributed by atoms with E-state index in [1.165, 1.54) is 6.20 Å². The molecule has 0 aliphatic carbocycles. The average molecular weight is 364 g/mol. The van der Waals surface area contributed by atoms with Crippen LogP contribution in [0.15, 0.2) is 49.6 Å². The summed E-state index contributed by atoms with van der Waals surface area (Å²) in [5, 5.41) is 2.96. The van der Waals surface area contributed by atoms with Crippen LogP contribution in [0.25, 0.3) is 17.0 Å². The first-order chi connectivity index (χ1) is 13.1. The number of anilines is 1. The van der Waals surface area contributed by atoms with Crippen molar-refractivity contribution < 1.29 is 13.9 Å². The fraction of sp³-hybridized carbons (Fsp3) is 0.150. The van der Waals surface area contributed by atoms with E-state index in [2.05, 4.69) is 26.8 Å². The van der Waals surface area contributed by atoms with Crippen molar-refractivity contribution in [3.05, 3.63) is 66.5 Å². The standard InChI is InChI=1S/C20H17FN4O2/c1-12-7-18-19(27-6-5-26-18)8-15(12)17-10-24-20(11-23-17)25-13(2)14-3-4-22-9-16(14)21/h3-4,7-11H,2,5-6H2,1H3,(H,24,25). The molecule has 1 N–H and O–H groups in total. The molecule has 1 aliphatic heterocycles. The summed E-state index contributed by atoms with van der Waals surface area (Å²) in [6, 6.07) is 5.39. The van der Waals surface area contributed by atoms with Gasteiger partial charge in [-0.3, -0.25) is 9.97 Å². The zero-order valence-corrected chi connectivity index (χ0v) is 14.7. The summed E-state index contributed by atoms with van der Waals surface area (Å²) in [6.07, 6.45) is 5.87. The summed E-state index contributed by atoms with van der Waals surface area (Å²) in [6.45, 7) is 6.90. The van der Waals surface area contributed by atoms with Crippen molar-refractivity contribution in [3.8, 4) is 22.8 Å². The average Bonchev–Trinajstić information content (AvgIpc) is 2.68. The highest BCUT2D eigenvalue weighted by Gasteiger charge is 2.16. The van der Waals surface area contributed by atoms with Crippen LogP contribution in [0.4, 0.5) is 10.2 Å². The smallest absolute Gasteiger partial charge is 0.162 e. The first-order valence-electron chi connectivity index (χ1n) is 8.40. The molecule has 7 heteroatoms. The Hall–Kier alpha value is -3.48. The number of halogens is 1. The number of rotatable bonds is 4. The summed E-state index contributed by atoms with van der Waals surface area (Å²) in [4.78, 5) is 12.5. The molecule has 2 aromatic heterocycles. The summed E-state index contributed by atoms with van der Waals surface area (Å²) in [7, 11) is 0. The molecule has 0 unspecified atom stereocenters. The Morgan fingerprint density at radius 3 is 2.59 bits per heavy atom. The lowest BCUT2D eigenvalue weighted by Crippen LogP contribution is -2.15. The van der Waals surface area contributed by atoms with E-state index >= 15 is 0 Å². The van der Waals surface area contributed by atoms with Crippen LogP contribution in [0.1, 0.15) is 11.1 Å². The number of aryl methyl sites for hydroxylation is 1. The van der Waals surface area contributed by atoms with Crippen molar-refractivity contribution in [3.63, 3.8) is 0 Å². The van der Waals surface area contributed by atoms with Gasteiger partial charge >= 0.3 is 0 Å². The quantitative estimate of drug-likeness (QED) is 0.759. The topological polar surface area (TPSA) is 69.2 Å². The van der Waals surface area contributed by atoms with E-state index in [1.807, 2.05) is 19.1 Å². The van der Waals surface area contributed by atoms with Crippen molar-refractivity contribution in [2.24, 2.45) is 0 Å². The molecule has 6 nitrogen and oxygen atoms in total. The second-order valence-electron chi connectivity index (χ2n) is 6.06. The van der Waals surface area contributed by atoms with Crippen LogP contribution in [0.3, 0.4) is 0 Å². The van der Waals surface area contributed by atoms with Gasteiger partial charge in [0, 0.05) is 23.0 Å². The Kier molecular flexibility index (Phi) is 4.42. The molecular formula is C20H17FN4O2. The molecule has 3 aromatic rings. The normalized spacial score (nSPS) is 12.5. The van der Waals surface area contributed by atoms with Crippen LogP contribution in [-0.4, -0.2) is 28.2 Å². The second-order valence-corrected chi connectivity index (χ2v) is 6.06. The fourth-order valence-electron chi connectivity index (χ4n) is 2.84. The maximum atomic E-state index is 13.8. The molecule has 0 amide bonds. The van der Waals surface area contributed by atoms with Crippen LogP contribution in [0.2, 0.25) is 0 Å². The number of nitrogens with zero attached hydrogens (tertiary/aromatic N) is 3. The molecular weight excluding hydrogens is 347 g/mol. The lowest BCUT2D eigenvalue weighted by Gasteiger charge is -2.20. The van der Waals surface area contributed by atoms with Crippen LogP contribution in [0, 0.1) is 12.7 Å².